The zero-order valence-corrected chi connectivity index (χ0v) is 10.1. The number of H-pyrrole nitrogens is 1. The van der Waals surface area contributed by atoms with Crippen LogP contribution in [0, 0.1) is 19.7 Å². The van der Waals surface area contributed by atoms with Crippen LogP contribution in [-0.4, -0.2) is 15.2 Å². The molecule has 2 heterocycles. The third kappa shape index (κ3) is 2.43. The Balaban J connectivity index is 2.17. The molecule has 0 fully saturated rings. The van der Waals surface area contributed by atoms with Crippen LogP contribution in [-0.2, 0) is 0 Å². The average molecular weight is 234 g/mol. The summed E-state index contributed by atoms with van der Waals surface area (Å²) in [5.41, 5.74) is 3.67. The molecule has 0 bridgehead atoms. The van der Waals surface area contributed by atoms with Crippen LogP contribution < -0.4 is 5.32 Å². The van der Waals surface area contributed by atoms with Crippen molar-refractivity contribution in [2.75, 3.05) is 5.32 Å². The molecule has 2 rings (SSSR count). The number of anilines is 1. The number of aromatic amines is 1. The van der Waals surface area contributed by atoms with Gasteiger partial charge in [0.1, 0.15) is 5.82 Å². The molecule has 0 aromatic carbocycles. The Morgan fingerprint density at radius 3 is 2.65 bits per heavy atom. The van der Waals surface area contributed by atoms with Crippen molar-refractivity contribution < 1.29 is 4.39 Å². The number of pyridine rings is 1. The highest BCUT2D eigenvalue weighted by Crippen LogP contribution is 2.22. The first-order valence-corrected chi connectivity index (χ1v) is 5.47. The second-order valence-electron chi connectivity index (χ2n) is 4.08. The molecule has 17 heavy (non-hydrogen) atoms. The number of halogens is 1. The van der Waals surface area contributed by atoms with E-state index in [0.717, 1.165) is 22.8 Å². The largest absolute Gasteiger partial charge is 0.374 e. The monoisotopic (exact) mass is 234 g/mol. The minimum Gasteiger partial charge on any atom is -0.374 e. The van der Waals surface area contributed by atoms with Crippen molar-refractivity contribution in [3.63, 3.8) is 0 Å². The van der Waals surface area contributed by atoms with Crippen LogP contribution in [0.15, 0.2) is 18.3 Å². The lowest BCUT2D eigenvalue weighted by Crippen LogP contribution is -2.09. The number of nitrogens with zero attached hydrogens (tertiary/aromatic N) is 2. The molecule has 1 unspecified atom stereocenters. The Morgan fingerprint density at radius 1 is 1.35 bits per heavy atom. The predicted molar refractivity (Wildman–Crippen MR) is 64.3 cm³/mol. The lowest BCUT2D eigenvalue weighted by Gasteiger charge is -2.14. The SMILES string of the molecule is Cc1n[nH]c(C)c1NC(C)c1ccc(F)cn1. The van der Waals surface area contributed by atoms with E-state index >= 15 is 0 Å². The van der Waals surface area contributed by atoms with Crippen LogP contribution in [0.4, 0.5) is 10.1 Å². The van der Waals surface area contributed by atoms with Gasteiger partial charge in [-0.1, -0.05) is 0 Å². The van der Waals surface area contributed by atoms with E-state index in [9.17, 15) is 4.39 Å². The molecule has 0 radical (unpaired) electrons. The van der Waals surface area contributed by atoms with Crippen molar-refractivity contribution in [3.05, 3.63) is 41.2 Å². The lowest BCUT2D eigenvalue weighted by molar-refractivity contribution is 0.617. The van der Waals surface area contributed by atoms with Crippen LogP contribution in [0.2, 0.25) is 0 Å². The highest BCUT2D eigenvalue weighted by atomic mass is 19.1. The highest BCUT2D eigenvalue weighted by molar-refractivity contribution is 5.52. The van der Waals surface area contributed by atoms with Crippen LogP contribution in [0.25, 0.3) is 0 Å². The average Bonchev–Trinajstić information content (AvgIpc) is 2.61. The summed E-state index contributed by atoms with van der Waals surface area (Å²) in [6.45, 7) is 5.86. The van der Waals surface area contributed by atoms with Crippen LogP contribution in [0.3, 0.4) is 0 Å². The molecular formula is C12H15FN4. The van der Waals surface area contributed by atoms with E-state index in [1.54, 1.807) is 6.07 Å². The van der Waals surface area contributed by atoms with E-state index in [1.807, 2.05) is 20.8 Å². The highest BCUT2D eigenvalue weighted by Gasteiger charge is 2.11. The first-order valence-electron chi connectivity index (χ1n) is 5.47. The molecular weight excluding hydrogens is 219 g/mol. The van der Waals surface area contributed by atoms with Crippen molar-refractivity contribution in [3.8, 4) is 0 Å². The summed E-state index contributed by atoms with van der Waals surface area (Å²) in [5, 5.41) is 10.3. The van der Waals surface area contributed by atoms with Crippen molar-refractivity contribution in [1.82, 2.24) is 15.2 Å². The number of aryl methyl sites for hydroxylation is 2. The fourth-order valence-electron chi connectivity index (χ4n) is 1.70. The fourth-order valence-corrected chi connectivity index (χ4v) is 1.70. The van der Waals surface area contributed by atoms with E-state index in [1.165, 1.54) is 12.3 Å². The molecule has 5 heteroatoms. The first kappa shape index (κ1) is 11.6. The fraction of sp³-hybridized carbons (Fsp3) is 0.333. The Bertz CT molecular complexity index is 484. The van der Waals surface area contributed by atoms with Crippen molar-refractivity contribution >= 4 is 5.69 Å². The number of hydrogen-bond acceptors (Lipinski definition) is 3. The zero-order valence-electron chi connectivity index (χ0n) is 10.1. The number of aromatic nitrogens is 3. The molecule has 4 nitrogen and oxygen atoms in total. The van der Waals surface area contributed by atoms with Gasteiger partial charge in [-0.2, -0.15) is 5.10 Å². The van der Waals surface area contributed by atoms with Gasteiger partial charge in [0.25, 0.3) is 0 Å². The minimum absolute atomic E-state index is 0.00519. The Kier molecular flexibility index (Phi) is 3.08. The van der Waals surface area contributed by atoms with Crippen LogP contribution in [0.1, 0.15) is 30.0 Å². The molecule has 0 aliphatic heterocycles. The van der Waals surface area contributed by atoms with E-state index in [-0.39, 0.29) is 11.9 Å². The van der Waals surface area contributed by atoms with Gasteiger partial charge in [0.15, 0.2) is 0 Å². The molecule has 0 saturated heterocycles. The van der Waals surface area contributed by atoms with Gasteiger partial charge in [-0.25, -0.2) is 4.39 Å². The standard InChI is InChI=1S/C12H15FN4/c1-7(11-5-4-10(13)6-14-11)15-12-8(2)16-17-9(12)3/h4-7,15H,1-3H3,(H,16,17). The first-order chi connectivity index (χ1) is 8.08. The number of nitrogens with one attached hydrogen (secondary N) is 2. The summed E-state index contributed by atoms with van der Waals surface area (Å²) in [5.74, 6) is -0.323. The minimum atomic E-state index is -0.323. The zero-order chi connectivity index (χ0) is 12.4. The lowest BCUT2D eigenvalue weighted by atomic mass is 10.2. The van der Waals surface area contributed by atoms with E-state index in [2.05, 4.69) is 20.5 Å². The third-order valence-corrected chi connectivity index (χ3v) is 2.68. The van der Waals surface area contributed by atoms with E-state index in [0.29, 0.717) is 0 Å². The molecule has 0 aliphatic carbocycles. The van der Waals surface area contributed by atoms with Crippen molar-refractivity contribution in [2.45, 2.75) is 26.8 Å². The van der Waals surface area contributed by atoms with E-state index in [4.69, 9.17) is 0 Å². The third-order valence-electron chi connectivity index (χ3n) is 2.68. The quantitative estimate of drug-likeness (QED) is 0.858. The van der Waals surface area contributed by atoms with Crippen molar-refractivity contribution in [1.29, 1.82) is 0 Å². The smallest absolute Gasteiger partial charge is 0.141 e. The maximum atomic E-state index is 12.8. The second-order valence-corrected chi connectivity index (χ2v) is 4.08. The second kappa shape index (κ2) is 4.53. The van der Waals surface area contributed by atoms with E-state index < -0.39 is 0 Å². The summed E-state index contributed by atoms with van der Waals surface area (Å²) in [6.07, 6.45) is 1.22. The Morgan fingerprint density at radius 2 is 2.12 bits per heavy atom. The Labute approximate surface area is 99.3 Å². The van der Waals surface area contributed by atoms with Gasteiger partial charge in [0.2, 0.25) is 0 Å². The normalized spacial score (nSPS) is 12.5. The molecule has 90 valence electrons. The molecule has 2 aromatic rings. The molecule has 0 amide bonds. The van der Waals surface area contributed by atoms with Crippen LogP contribution in [0.5, 0.6) is 0 Å². The molecule has 1 atom stereocenters. The van der Waals surface area contributed by atoms with Gasteiger partial charge in [-0.05, 0) is 32.9 Å². The van der Waals surface area contributed by atoms with Crippen molar-refractivity contribution in [2.24, 2.45) is 0 Å². The maximum absolute atomic E-state index is 12.8. The molecule has 0 saturated carbocycles. The molecule has 2 N–H and O–H groups in total. The topological polar surface area (TPSA) is 53.6 Å². The summed E-state index contributed by atoms with van der Waals surface area (Å²) < 4.78 is 12.8. The summed E-state index contributed by atoms with van der Waals surface area (Å²) >= 11 is 0. The molecule has 0 aliphatic rings. The summed E-state index contributed by atoms with van der Waals surface area (Å²) in [7, 11) is 0. The van der Waals surface area contributed by atoms with Crippen LogP contribution >= 0.6 is 0 Å². The van der Waals surface area contributed by atoms with Gasteiger partial charge in [-0.3, -0.25) is 10.1 Å². The summed E-state index contributed by atoms with van der Waals surface area (Å²) in [6, 6.07) is 3.10. The Hall–Kier alpha value is -1.91. The maximum Gasteiger partial charge on any atom is 0.141 e. The van der Waals surface area contributed by atoms with Gasteiger partial charge in [0.05, 0.1) is 35.0 Å². The predicted octanol–water partition coefficient (Wildman–Crippen LogP) is 2.73. The van der Waals surface area contributed by atoms with Gasteiger partial charge in [0, 0.05) is 0 Å². The summed E-state index contributed by atoms with van der Waals surface area (Å²) in [4.78, 5) is 4.05. The van der Waals surface area contributed by atoms with Gasteiger partial charge in [-0.15, -0.1) is 0 Å². The van der Waals surface area contributed by atoms with Gasteiger partial charge >= 0.3 is 0 Å². The molecule has 0 spiro atoms. The van der Waals surface area contributed by atoms with Gasteiger partial charge < -0.3 is 5.32 Å². The molecule has 2 aromatic heterocycles. The number of hydrogen-bond donors (Lipinski definition) is 2. The number of rotatable bonds is 3.